The number of benzene rings is 1. The fourth-order valence-electron chi connectivity index (χ4n) is 3.43. The molecule has 0 radical (unpaired) electrons. The number of carboxylic acid groups (broad SMARTS) is 2. The standard InChI is InChI=1S/C22H34O4/c1-7-15(13-21(3,4)19(23)24)17-9-11-18(12-10-17)16(8-2)14-22(5,6)20(25)26/h9-12,15-16H,7-8,13-14H2,1-6H3,(H,23,24)(H,25,26)/p-2. The summed E-state index contributed by atoms with van der Waals surface area (Å²) in [6.07, 6.45) is 2.76. The van der Waals surface area contributed by atoms with Crippen molar-refractivity contribution in [3.8, 4) is 0 Å². The molecule has 0 bridgehead atoms. The molecule has 0 amide bonds. The number of rotatable bonds is 10. The Morgan fingerprint density at radius 1 is 0.769 bits per heavy atom. The first kappa shape index (κ1) is 22.2. The molecule has 1 aromatic rings. The maximum atomic E-state index is 11.3. The molecule has 0 aromatic heterocycles. The van der Waals surface area contributed by atoms with Crippen LogP contribution in [0.25, 0.3) is 0 Å². The Hall–Kier alpha value is -1.84. The Balaban J connectivity index is 2.98. The summed E-state index contributed by atoms with van der Waals surface area (Å²) in [5.41, 5.74) is 0.479. The van der Waals surface area contributed by atoms with Gasteiger partial charge >= 0.3 is 0 Å². The van der Waals surface area contributed by atoms with Crippen LogP contribution in [0.3, 0.4) is 0 Å². The molecule has 1 aromatic carbocycles. The molecule has 4 nitrogen and oxygen atoms in total. The highest BCUT2D eigenvalue weighted by Crippen LogP contribution is 2.36. The highest BCUT2D eigenvalue weighted by molar-refractivity contribution is 5.71. The molecule has 0 saturated carbocycles. The summed E-state index contributed by atoms with van der Waals surface area (Å²) in [5.74, 6) is -1.75. The van der Waals surface area contributed by atoms with Gasteiger partial charge in [0.25, 0.3) is 0 Å². The zero-order valence-electron chi connectivity index (χ0n) is 16.9. The largest absolute Gasteiger partial charge is 0.550 e. The van der Waals surface area contributed by atoms with E-state index in [9.17, 15) is 19.8 Å². The average molecular weight is 360 g/mol. The molecule has 0 N–H and O–H groups in total. The average Bonchev–Trinajstić information content (AvgIpc) is 2.57. The van der Waals surface area contributed by atoms with Crippen LogP contribution >= 0.6 is 0 Å². The summed E-state index contributed by atoms with van der Waals surface area (Å²) < 4.78 is 0. The number of carbonyl (C=O) groups is 2. The third-order valence-corrected chi connectivity index (χ3v) is 5.48. The van der Waals surface area contributed by atoms with Crippen LogP contribution in [0.4, 0.5) is 0 Å². The van der Waals surface area contributed by atoms with Gasteiger partial charge in [-0.15, -0.1) is 0 Å². The molecule has 146 valence electrons. The number of hydrogen-bond acceptors (Lipinski definition) is 4. The molecule has 0 saturated heterocycles. The second-order valence-corrected chi connectivity index (χ2v) is 8.63. The molecule has 0 heterocycles. The second kappa shape index (κ2) is 8.70. The van der Waals surface area contributed by atoms with Gasteiger partial charge in [0.2, 0.25) is 0 Å². The molecule has 2 atom stereocenters. The van der Waals surface area contributed by atoms with E-state index in [-0.39, 0.29) is 11.8 Å². The van der Waals surface area contributed by atoms with E-state index in [4.69, 9.17) is 0 Å². The Kier molecular flexibility index (Phi) is 7.43. The maximum absolute atomic E-state index is 11.3. The lowest BCUT2D eigenvalue weighted by Gasteiger charge is -2.31. The van der Waals surface area contributed by atoms with Gasteiger partial charge in [0.1, 0.15) is 0 Å². The smallest absolute Gasteiger partial charge is 0.0470 e. The monoisotopic (exact) mass is 360 g/mol. The van der Waals surface area contributed by atoms with E-state index in [1.165, 1.54) is 0 Å². The lowest BCUT2D eigenvalue weighted by Crippen LogP contribution is -2.39. The fourth-order valence-corrected chi connectivity index (χ4v) is 3.43. The van der Waals surface area contributed by atoms with Crippen molar-refractivity contribution in [2.75, 3.05) is 0 Å². The zero-order chi connectivity index (χ0) is 20.1. The molecular formula is C22H32O4-2. The number of carboxylic acids is 2. The highest BCUT2D eigenvalue weighted by Gasteiger charge is 2.26. The molecule has 1 rings (SSSR count). The molecule has 26 heavy (non-hydrogen) atoms. The summed E-state index contributed by atoms with van der Waals surface area (Å²) in [7, 11) is 0. The topological polar surface area (TPSA) is 80.3 Å². The highest BCUT2D eigenvalue weighted by atomic mass is 16.4. The van der Waals surface area contributed by atoms with Crippen molar-refractivity contribution in [3.05, 3.63) is 35.4 Å². The third kappa shape index (κ3) is 5.58. The summed E-state index contributed by atoms with van der Waals surface area (Å²) >= 11 is 0. The van der Waals surface area contributed by atoms with E-state index in [2.05, 4.69) is 13.8 Å². The van der Waals surface area contributed by atoms with E-state index >= 15 is 0 Å². The lowest BCUT2D eigenvalue weighted by molar-refractivity contribution is -0.319. The van der Waals surface area contributed by atoms with Crippen LogP contribution in [0, 0.1) is 10.8 Å². The van der Waals surface area contributed by atoms with Gasteiger partial charge in [0, 0.05) is 22.8 Å². The van der Waals surface area contributed by atoms with Gasteiger partial charge in [0.05, 0.1) is 0 Å². The van der Waals surface area contributed by atoms with Gasteiger partial charge in [-0.1, -0.05) is 65.8 Å². The van der Waals surface area contributed by atoms with Crippen LogP contribution in [-0.2, 0) is 9.59 Å². The molecule has 0 spiro atoms. The Labute approximate surface area is 157 Å². The number of carbonyl (C=O) groups excluding carboxylic acids is 2. The van der Waals surface area contributed by atoms with Crippen molar-refractivity contribution in [2.24, 2.45) is 10.8 Å². The first-order chi connectivity index (χ1) is 11.9. The van der Waals surface area contributed by atoms with Crippen LogP contribution in [0.1, 0.15) is 90.2 Å². The molecule has 0 aliphatic carbocycles. The van der Waals surface area contributed by atoms with Crippen LogP contribution < -0.4 is 10.2 Å². The third-order valence-electron chi connectivity index (χ3n) is 5.48. The van der Waals surface area contributed by atoms with Gasteiger partial charge in [-0.25, -0.2) is 0 Å². The minimum atomic E-state index is -1.02. The molecule has 0 fully saturated rings. The van der Waals surface area contributed by atoms with E-state index in [1.807, 2.05) is 24.3 Å². The number of hydrogen-bond donors (Lipinski definition) is 0. The first-order valence-corrected chi connectivity index (χ1v) is 9.47. The zero-order valence-corrected chi connectivity index (χ0v) is 16.9. The Morgan fingerprint density at radius 3 is 1.23 bits per heavy atom. The number of aliphatic carboxylic acids is 2. The predicted octanol–water partition coefficient (Wildman–Crippen LogP) is 3.01. The summed E-state index contributed by atoms with van der Waals surface area (Å²) in [6.45, 7) is 10.9. The van der Waals surface area contributed by atoms with Gasteiger partial charge < -0.3 is 19.8 Å². The molecule has 4 heteroatoms. The predicted molar refractivity (Wildman–Crippen MR) is 99.3 cm³/mol. The van der Waals surface area contributed by atoms with E-state index < -0.39 is 22.8 Å². The van der Waals surface area contributed by atoms with Crippen molar-refractivity contribution in [1.82, 2.24) is 0 Å². The van der Waals surface area contributed by atoms with E-state index in [0.717, 1.165) is 24.0 Å². The van der Waals surface area contributed by atoms with Crippen LogP contribution in [0.2, 0.25) is 0 Å². The molecular weight excluding hydrogens is 328 g/mol. The fraction of sp³-hybridized carbons (Fsp3) is 0.636. The quantitative estimate of drug-likeness (QED) is 0.642. The van der Waals surface area contributed by atoms with E-state index in [0.29, 0.717) is 12.8 Å². The van der Waals surface area contributed by atoms with E-state index in [1.54, 1.807) is 27.7 Å². The summed E-state index contributed by atoms with van der Waals surface area (Å²) in [5, 5.41) is 22.6. The van der Waals surface area contributed by atoms with Crippen molar-refractivity contribution < 1.29 is 19.8 Å². The lowest BCUT2D eigenvalue weighted by atomic mass is 9.77. The molecule has 2 unspecified atom stereocenters. The normalized spacial score (nSPS) is 14.7. The van der Waals surface area contributed by atoms with Crippen LogP contribution in [-0.4, -0.2) is 11.9 Å². The Bertz CT molecular complexity index is 559. The maximum Gasteiger partial charge on any atom is 0.0470 e. The molecule has 0 aliphatic heterocycles. The van der Waals surface area contributed by atoms with Crippen LogP contribution in [0.15, 0.2) is 24.3 Å². The van der Waals surface area contributed by atoms with Gasteiger partial charge in [-0.2, -0.15) is 0 Å². The van der Waals surface area contributed by atoms with Crippen molar-refractivity contribution in [2.45, 2.75) is 79.1 Å². The van der Waals surface area contributed by atoms with Gasteiger partial charge in [-0.3, -0.25) is 0 Å². The van der Waals surface area contributed by atoms with Crippen molar-refractivity contribution in [3.63, 3.8) is 0 Å². The first-order valence-electron chi connectivity index (χ1n) is 9.47. The van der Waals surface area contributed by atoms with Crippen molar-refractivity contribution >= 4 is 11.9 Å². The van der Waals surface area contributed by atoms with Gasteiger partial charge in [-0.05, 0) is 48.6 Å². The summed E-state index contributed by atoms with van der Waals surface area (Å²) in [6, 6.07) is 8.18. The second-order valence-electron chi connectivity index (χ2n) is 8.63. The van der Waals surface area contributed by atoms with Crippen LogP contribution in [0.5, 0.6) is 0 Å². The summed E-state index contributed by atoms with van der Waals surface area (Å²) in [4.78, 5) is 22.6. The SMILES string of the molecule is CCC(CC(C)(C)C(=O)[O-])c1ccc(C(CC)CC(C)(C)C(=O)[O-])cc1. The van der Waals surface area contributed by atoms with Gasteiger partial charge in [0.15, 0.2) is 0 Å². The molecule has 0 aliphatic rings. The Morgan fingerprint density at radius 2 is 1.04 bits per heavy atom. The minimum Gasteiger partial charge on any atom is -0.550 e. The van der Waals surface area contributed by atoms with Crippen molar-refractivity contribution in [1.29, 1.82) is 0 Å². The minimum absolute atomic E-state index is 0.150.